The molecule has 0 radical (unpaired) electrons. The molecule has 0 N–H and O–H groups in total. The molecule has 0 amide bonds. The van der Waals surface area contributed by atoms with Gasteiger partial charge in [0.15, 0.2) is 0 Å². The monoisotopic (exact) mass is 128 g/mol. The van der Waals surface area contributed by atoms with Crippen LogP contribution in [0.1, 0.15) is 33.6 Å². The van der Waals surface area contributed by atoms with E-state index in [0.29, 0.717) is 0 Å². The van der Waals surface area contributed by atoms with Gasteiger partial charge in [0.05, 0.1) is 12.9 Å². The van der Waals surface area contributed by atoms with Crippen LogP contribution in [0.2, 0.25) is 0 Å². The number of hydrogen-bond donors (Lipinski definition) is 0. The van der Waals surface area contributed by atoms with E-state index in [1.54, 1.807) is 0 Å². The maximum absolute atomic E-state index is 5.17. The number of rotatable bonds is 4. The van der Waals surface area contributed by atoms with Gasteiger partial charge in [-0.1, -0.05) is 13.3 Å². The van der Waals surface area contributed by atoms with Gasteiger partial charge in [-0.15, -0.1) is 0 Å². The number of allylic oxidation sites excluding steroid dienone is 1. The second-order valence-corrected chi connectivity index (χ2v) is 2.42. The topological polar surface area (TPSA) is 9.23 Å². The van der Waals surface area contributed by atoms with Crippen molar-refractivity contribution in [1.29, 1.82) is 0 Å². The zero-order valence-corrected chi connectivity index (χ0v) is 6.61. The Kier molecular flexibility index (Phi) is 5.38. The highest BCUT2D eigenvalue weighted by Gasteiger charge is 1.80. The Balaban J connectivity index is 3.00. The molecule has 0 aliphatic heterocycles. The zero-order chi connectivity index (χ0) is 7.11. The lowest BCUT2D eigenvalue weighted by atomic mass is 10.4. The van der Waals surface area contributed by atoms with E-state index in [2.05, 4.69) is 6.92 Å². The average molecular weight is 128 g/mol. The molecule has 0 heterocycles. The number of hydrogen-bond acceptors (Lipinski definition) is 1. The van der Waals surface area contributed by atoms with E-state index in [4.69, 9.17) is 4.74 Å². The molecule has 1 heteroatoms. The summed E-state index contributed by atoms with van der Waals surface area (Å²) in [6.45, 7) is 7.09. The van der Waals surface area contributed by atoms with E-state index >= 15 is 0 Å². The fourth-order valence-electron chi connectivity index (χ4n) is 0.453. The molecular weight excluding hydrogens is 112 g/mol. The van der Waals surface area contributed by atoms with E-state index in [9.17, 15) is 0 Å². The lowest BCUT2D eigenvalue weighted by Gasteiger charge is -1.97. The summed E-state index contributed by atoms with van der Waals surface area (Å²) in [5.41, 5.74) is 1.23. The molecule has 0 aromatic heterocycles. The summed E-state index contributed by atoms with van der Waals surface area (Å²) in [4.78, 5) is 0. The molecule has 9 heavy (non-hydrogen) atoms. The summed E-state index contributed by atoms with van der Waals surface area (Å²) in [7, 11) is 0. The highest BCUT2D eigenvalue weighted by atomic mass is 16.5. The fraction of sp³-hybridized carbons (Fsp3) is 0.750. The lowest BCUT2D eigenvalue weighted by Crippen LogP contribution is -1.85. The third-order valence-electron chi connectivity index (χ3n) is 0.935. The van der Waals surface area contributed by atoms with Crippen molar-refractivity contribution in [1.82, 2.24) is 0 Å². The van der Waals surface area contributed by atoms with Crippen LogP contribution in [-0.2, 0) is 4.74 Å². The van der Waals surface area contributed by atoms with Gasteiger partial charge in [0, 0.05) is 0 Å². The number of ether oxygens (including phenoxy) is 1. The Hall–Kier alpha value is -0.460. The van der Waals surface area contributed by atoms with Crippen LogP contribution in [0.4, 0.5) is 0 Å². The van der Waals surface area contributed by atoms with Crippen molar-refractivity contribution in [3.63, 3.8) is 0 Å². The first kappa shape index (κ1) is 8.54. The van der Waals surface area contributed by atoms with Crippen LogP contribution in [-0.4, -0.2) is 6.61 Å². The van der Waals surface area contributed by atoms with Gasteiger partial charge in [-0.25, -0.2) is 0 Å². The molecule has 0 rings (SSSR count). The van der Waals surface area contributed by atoms with Gasteiger partial charge < -0.3 is 4.74 Å². The highest BCUT2D eigenvalue weighted by Crippen LogP contribution is 1.92. The molecule has 0 saturated heterocycles. The molecule has 0 fully saturated rings. The maximum atomic E-state index is 5.17. The second kappa shape index (κ2) is 5.67. The molecule has 0 saturated carbocycles. The van der Waals surface area contributed by atoms with Crippen LogP contribution in [0.25, 0.3) is 0 Å². The van der Waals surface area contributed by atoms with Crippen LogP contribution in [0.15, 0.2) is 11.8 Å². The van der Waals surface area contributed by atoms with E-state index in [-0.39, 0.29) is 0 Å². The Morgan fingerprint density at radius 1 is 1.44 bits per heavy atom. The van der Waals surface area contributed by atoms with Crippen molar-refractivity contribution in [2.75, 3.05) is 6.61 Å². The molecule has 0 aromatic rings. The zero-order valence-electron chi connectivity index (χ0n) is 6.61. The first-order valence-corrected chi connectivity index (χ1v) is 3.52. The average Bonchev–Trinajstić information content (AvgIpc) is 1.80. The smallest absolute Gasteiger partial charge is 0.0873 e. The third kappa shape index (κ3) is 7.54. The molecule has 0 aliphatic carbocycles. The van der Waals surface area contributed by atoms with Crippen LogP contribution in [0.5, 0.6) is 0 Å². The van der Waals surface area contributed by atoms with Crippen molar-refractivity contribution in [2.45, 2.75) is 33.6 Å². The quantitative estimate of drug-likeness (QED) is 0.418. The van der Waals surface area contributed by atoms with Crippen LogP contribution >= 0.6 is 0 Å². The maximum Gasteiger partial charge on any atom is 0.0873 e. The van der Waals surface area contributed by atoms with Crippen molar-refractivity contribution in [3.8, 4) is 0 Å². The largest absolute Gasteiger partial charge is 0.501 e. The van der Waals surface area contributed by atoms with Crippen molar-refractivity contribution in [3.05, 3.63) is 11.8 Å². The van der Waals surface area contributed by atoms with E-state index < -0.39 is 0 Å². The summed E-state index contributed by atoms with van der Waals surface area (Å²) in [5, 5.41) is 0. The Bertz CT molecular complexity index is 80.6. The summed E-state index contributed by atoms with van der Waals surface area (Å²) >= 11 is 0. The fourth-order valence-corrected chi connectivity index (χ4v) is 0.453. The summed E-state index contributed by atoms with van der Waals surface area (Å²) in [6, 6.07) is 0. The van der Waals surface area contributed by atoms with Crippen molar-refractivity contribution in [2.24, 2.45) is 0 Å². The van der Waals surface area contributed by atoms with Crippen molar-refractivity contribution < 1.29 is 4.74 Å². The van der Waals surface area contributed by atoms with Crippen LogP contribution in [0.3, 0.4) is 0 Å². The van der Waals surface area contributed by atoms with E-state index in [1.807, 2.05) is 20.1 Å². The predicted molar refractivity (Wildman–Crippen MR) is 40.3 cm³/mol. The van der Waals surface area contributed by atoms with Gasteiger partial charge >= 0.3 is 0 Å². The molecule has 0 spiro atoms. The molecular formula is C8H16O. The second-order valence-electron chi connectivity index (χ2n) is 2.42. The first-order chi connectivity index (χ1) is 4.27. The summed E-state index contributed by atoms with van der Waals surface area (Å²) in [6.07, 6.45) is 4.18. The number of unbranched alkanes of at least 4 members (excludes halogenated alkanes) is 1. The standard InChI is InChI=1S/C8H16O/c1-4-5-6-9-7-8(2)3/h7H,4-6H2,1-3H3. The van der Waals surface area contributed by atoms with Gasteiger partial charge in [0.25, 0.3) is 0 Å². The molecule has 0 aliphatic rings. The van der Waals surface area contributed by atoms with Crippen LogP contribution < -0.4 is 0 Å². The van der Waals surface area contributed by atoms with Crippen molar-refractivity contribution >= 4 is 0 Å². The normalized spacial score (nSPS) is 8.78. The Morgan fingerprint density at radius 2 is 2.11 bits per heavy atom. The minimum atomic E-state index is 0.863. The third-order valence-corrected chi connectivity index (χ3v) is 0.935. The minimum Gasteiger partial charge on any atom is -0.501 e. The van der Waals surface area contributed by atoms with E-state index in [1.165, 1.54) is 12.0 Å². The van der Waals surface area contributed by atoms with Gasteiger partial charge in [-0.3, -0.25) is 0 Å². The summed E-state index contributed by atoms with van der Waals surface area (Å²) < 4.78 is 5.17. The summed E-state index contributed by atoms with van der Waals surface area (Å²) in [5.74, 6) is 0. The van der Waals surface area contributed by atoms with Gasteiger partial charge in [0.1, 0.15) is 0 Å². The van der Waals surface area contributed by atoms with Crippen LogP contribution in [0, 0.1) is 0 Å². The molecule has 54 valence electrons. The van der Waals surface area contributed by atoms with E-state index in [0.717, 1.165) is 13.0 Å². The SMILES string of the molecule is CCCCOC=C(C)C. The Morgan fingerprint density at radius 3 is 2.56 bits per heavy atom. The molecule has 0 bridgehead atoms. The predicted octanol–water partition coefficient (Wildman–Crippen LogP) is 2.73. The Labute approximate surface area is 57.7 Å². The first-order valence-electron chi connectivity index (χ1n) is 3.52. The minimum absolute atomic E-state index is 0.863. The molecule has 0 atom stereocenters. The van der Waals surface area contributed by atoms with Gasteiger partial charge in [-0.05, 0) is 25.8 Å². The van der Waals surface area contributed by atoms with Gasteiger partial charge in [-0.2, -0.15) is 0 Å². The lowest BCUT2D eigenvalue weighted by molar-refractivity contribution is 0.241. The highest BCUT2D eigenvalue weighted by molar-refractivity contribution is 4.86. The molecule has 1 nitrogen and oxygen atoms in total. The van der Waals surface area contributed by atoms with Gasteiger partial charge in [0.2, 0.25) is 0 Å². The molecule has 0 unspecified atom stereocenters. The molecule has 0 aromatic carbocycles.